The standard InChI is InChI=1S/C18H13FN2O4S/c19-13-5-1-4-12(7-13)17(24)21-18-20-15(10-26-18)11-3-2-6-14(8-11)25-9-16(22)23/h1-8,10H,9H2,(H,22,23)(H,20,21,24). The molecule has 0 radical (unpaired) electrons. The first-order valence-electron chi connectivity index (χ1n) is 7.49. The van der Waals surface area contributed by atoms with Crippen LogP contribution in [0.4, 0.5) is 9.52 Å². The van der Waals surface area contributed by atoms with Gasteiger partial charge in [-0.25, -0.2) is 14.2 Å². The quantitative estimate of drug-likeness (QED) is 0.689. The lowest BCUT2D eigenvalue weighted by Gasteiger charge is -2.04. The maximum Gasteiger partial charge on any atom is 0.341 e. The highest BCUT2D eigenvalue weighted by Crippen LogP contribution is 2.27. The lowest BCUT2D eigenvalue weighted by atomic mass is 10.2. The number of aliphatic carboxylic acids is 1. The van der Waals surface area contributed by atoms with E-state index in [1.807, 2.05) is 0 Å². The van der Waals surface area contributed by atoms with Crippen molar-refractivity contribution in [2.24, 2.45) is 0 Å². The summed E-state index contributed by atoms with van der Waals surface area (Å²) < 4.78 is 18.3. The topological polar surface area (TPSA) is 88.5 Å². The van der Waals surface area contributed by atoms with Crippen LogP contribution in [0.2, 0.25) is 0 Å². The van der Waals surface area contributed by atoms with Gasteiger partial charge >= 0.3 is 5.97 Å². The van der Waals surface area contributed by atoms with Crippen LogP contribution >= 0.6 is 11.3 Å². The number of rotatable bonds is 6. The van der Waals surface area contributed by atoms with Crippen molar-refractivity contribution in [2.45, 2.75) is 0 Å². The Kier molecular flexibility index (Phi) is 5.23. The lowest BCUT2D eigenvalue weighted by molar-refractivity contribution is -0.139. The van der Waals surface area contributed by atoms with E-state index < -0.39 is 24.3 Å². The third-order valence-corrected chi connectivity index (χ3v) is 4.06. The molecule has 3 aromatic rings. The molecule has 0 aliphatic carbocycles. The zero-order valence-corrected chi connectivity index (χ0v) is 14.1. The van der Waals surface area contributed by atoms with E-state index in [-0.39, 0.29) is 5.56 Å². The van der Waals surface area contributed by atoms with Gasteiger partial charge in [-0.1, -0.05) is 18.2 Å². The summed E-state index contributed by atoms with van der Waals surface area (Å²) in [5, 5.41) is 13.4. The number of thiazole rings is 1. The van der Waals surface area contributed by atoms with E-state index in [2.05, 4.69) is 10.3 Å². The van der Waals surface area contributed by atoms with Crippen molar-refractivity contribution in [1.29, 1.82) is 0 Å². The summed E-state index contributed by atoms with van der Waals surface area (Å²) >= 11 is 1.22. The van der Waals surface area contributed by atoms with Crippen molar-refractivity contribution in [3.63, 3.8) is 0 Å². The number of nitrogens with one attached hydrogen (secondary N) is 1. The number of hydrogen-bond acceptors (Lipinski definition) is 5. The molecule has 0 saturated carbocycles. The van der Waals surface area contributed by atoms with Crippen molar-refractivity contribution in [3.05, 3.63) is 65.3 Å². The van der Waals surface area contributed by atoms with Gasteiger partial charge < -0.3 is 9.84 Å². The Hall–Kier alpha value is -3.26. The van der Waals surface area contributed by atoms with Crippen LogP contribution in [0.1, 0.15) is 10.4 Å². The van der Waals surface area contributed by atoms with Crippen molar-refractivity contribution < 1.29 is 23.8 Å². The van der Waals surface area contributed by atoms with Gasteiger partial charge in [0.05, 0.1) is 5.69 Å². The summed E-state index contributed by atoms with van der Waals surface area (Å²) in [6.45, 7) is -0.435. The molecule has 0 saturated heterocycles. The number of halogens is 1. The summed E-state index contributed by atoms with van der Waals surface area (Å²) in [7, 11) is 0. The Bertz CT molecular complexity index is 958. The number of ether oxygens (including phenoxy) is 1. The van der Waals surface area contributed by atoms with Gasteiger partial charge in [0, 0.05) is 16.5 Å². The molecule has 2 aromatic carbocycles. The average Bonchev–Trinajstić information content (AvgIpc) is 3.09. The first kappa shape index (κ1) is 17.6. The van der Waals surface area contributed by atoms with Gasteiger partial charge in [-0.3, -0.25) is 10.1 Å². The van der Waals surface area contributed by atoms with Crippen molar-refractivity contribution in [3.8, 4) is 17.0 Å². The molecule has 1 amide bonds. The van der Waals surface area contributed by atoms with Crippen molar-refractivity contribution in [1.82, 2.24) is 4.98 Å². The van der Waals surface area contributed by atoms with E-state index in [1.54, 1.807) is 29.6 Å². The molecule has 8 heteroatoms. The minimum atomic E-state index is -1.06. The molecule has 0 unspecified atom stereocenters. The van der Waals surface area contributed by atoms with Crippen LogP contribution in [0.15, 0.2) is 53.9 Å². The van der Waals surface area contributed by atoms with Crippen LogP contribution in [-0.2, 0) is 4.79 Å². The molecule has 0 aliphatic heterocycles. The fraction of sp³-hybridized carbons (Fsp3) is 0.0556. The van der Waals surface area contributed by atoms with E-state index >= 15 is 0 Å². The highest BCUT2D eigenvalue weighted by atomic mass is 32.1. The minimum absolute atomic E-state index is 0.200. The number of amides is 1. The summed E-state index contributed by atoms with van der Waals surface area (Å²) in [5.41, 5.74) is 1.52. The average molecular weight is 372 g/mol. The summed E-state index contributed by atoms with van der Waals surface area (Å²) in [6, 6.07) is 12.2. The SMILES string of the molecule is O=C(O)COc1cccc(-c2csc(NC(=O)c3cccc(F)c3)n2)c1. The molecule has 26 heavy (non-hydrogen) atoms. The fourth-order valence-corrected chi connectivity index (χ4v) is 2.87. The second-order valence-electron chi connectivity index (χ2n) is 5.21. The van der Waals surface area contributed by atoms with Crippen LogP contribution in [0.25, 0.3) is 11.3 Å². The molecular formula is C18H13FN2O4S. The molecule has 3 rings (SSSR count). The summed E-state index contributed by atoms with van der Waals surface area (Å²) in [5.74, 6) is -1.60. The molecule has 0 spiro atoms. The second-order valence-corrected chi connectivity index (χ2v) is 6.07. The molecule has 132 valence electrons. The number of carbonyl (C=O) groups is 2. The zero-order valence-electron chi connectivity index (χ0n) is 13.3. The molecule has 6 nitrogen and oxygen atoms in total. The molecule has 0 fully saturated rings. The third kappa shape index (κ3) is 4.42. The van der Waals surface area contributed by atoms with Gasteiger partial charge in [0.1, 0.15) is 11.6 Å². The number of benzene rings is 2. The molecule has 1 aromatic heterocycles. The van der Waals surface area contributed by atoms with Crippen LogP contribution in [0.5, 0.6) is 5.75 Å². The van der Waals surface area contributed by atoms with Crippen LogP contribution in [0.3, 0.4) is 0 Å². The van der Waals surface area contributed by atoms with Crippen molar-refractivity contribution in [2.75, 3.05) is 11.9 Å². The molecule has 1 heterocycles. The van der Waals surface area contributed by atoms with E-state index in [9.17, 15) is 14.0 Å². The number of carboxylic acid groups (broad SMARTS) is 1. The molecule has 0 atom stereocenters. The number of hydrogen-bond donors (Lipinski definition) is 2. The summed E-state index contributed by atoms with van der Waals surface area (Å²) in [4.78, 5) is 27.0. The van der Waals surface area contributed by atoms with Gasteiger partial charge in [-0.2, -0.15) is 0 Å². The minimum Gasteiger partial charge on any atom is -0.482 e. The normalized spacial score (nSPS) is 10.3. The van der Waals surface area contributed by atoms with Crippen LogP contribution < -0.4 is 10.1 Å². The molecular weight excluding hydrogens is 359 g/mol. The monoisotopic (exact) mass is 372 g/mol. The van der Waals surface area contributed by atoms with Crippen LogP contribution in [-0.4, -0.2) is 28.6 Å². The first-order chi connectivity index (χ1) is 12.5. The number of nitrogens with zero attached hydrogens (tertiary/aromatic N) is 1. The van der Waals surface area contributed by atoms with Crippen molar-refractivity contribution >= 4 is 28.3 Å². The van der Waals surface area contributed by atoms with Gasteiger partial charge in [0.15, 0.2) is 11.7 Å². The Morgan fingerprint density at radius 1 is 1.19 bits per heavy atom. The molecule has 0 bridgehead atoms. The predicted molar refractivity (Wildman–Crippen MR) is 95.0 cm³/mol. The summed E-state index contributed by atoms with van der Waals surface area (Å²) in [6.07, 6.45) is 0. The number of carbonyl (C=O) groups excluding carboxylic acids is 1. The smallest absolute Gasteiger partial charge is 0.341 e. The predicted octanol–water partition coefficient (Wildman–Crippen LogP) is 3.66. The Balaban J connectivity index is 1.72. The molecule has 2 N–H and O–H groups in total. The number of carboxylic acids is 1. The van der Waals surface area contributed by atoms with E-state index in [1.165, 1.54) is 29.5 Å². The fourth-order valence-electron chi connectivity index (χ4n) is 2.15. The maximum atomic E-state index is 13.2. The Labute approximate surface area is 151 Å². The lowest BCUT2D eigenvalue weighted by Crippen LogP contribution is -2.11. The zero-order chi connectivity index (χ0) is 18.5. The Morgan fingerprint density at radius 2 is 2.00 bits per heavy atom. The Morgan fingerprint density at radius 3 is 2.77 bits per heavy atom. The van der Waals surface area contributed by atoms with Gasteiger partial charge in [-0.15, -0.1) is 11.3 Å². The largest absolute Gasteiger partial charge is 0.482 e. The third-order valence-electron chi connectivity index (χ3n) is 3.30. The van der Waals surface area contributed by atoms with Gasteiger partial charge in [0.2, 0.25) is 0 Å². The molecule has 0 aliphatic rings. The number of aromatic nitrogens is 1. The van der Waals surface area contributed by atoms with Gasteiger partial charge in [0.25, 0.3) is 5.91 Å². The maximum absolute atomic E-state index is 13.2. The second kappa shape index (κ2) is 7.75. The van der Waals surface area contributed by atoms with E-state index in [4.69, 9.17) is 9.84 Å². The van der Waals surface area contributed by atoms with Crippen LogP contribution in [0, 0.1) is 5.82 Å². The number of anilines is 1. The first-order valence-corrected chi connectivity index (χ1v) is 8.37. The van der Waals surface area contributed by atoms with Gasteiger partial charge in [-0.05, 0) is 30.3 Å². The highest BCUT2D eigenvalue weighted by Gasteiger charge is 2.11. The highest BCUT2D eigenvalue weighted by molar-refractivity contribution is 7.14. The van der Waals surface area contributed by atoms with E-state index in [0.717, 1.165) is 11.6 Å². The van der Waals surface area contributed by atoms with E-state index in [0.29, 0.717) is 16.6 Å².